The lowest BCUT2D eigenvalue weighted by Crippen LogP contribution is -1.96. The van der Waals surface area contributed by atoms with Gasteiger partial charge in [0.1, 0.15) is 17.7 Å². The van der Waals surface area contributed by atoms with E-state index >= 15 is 0 Å². The first-order chi connectivity index (χ1) is 11.8. The number of hydrazone groups is 1. The van der Waals surface area contributed by atoms with E-state index in [4.69, 9.17) is 14.9 Å². The van der Waals surface area contributed by atoms with Crippen LogP contribution in [-0.4, -0.2) is 10.7 Å². The molecule has 116 valence electrons. The van der Waals surface area contributed by atoms with Crippen LogP contribution < -0.4 is 5.43 Å². The molecule has 1 heterocycles. The lowest BCUT2D eigenvalue weighted by Gasteiger charge is -1.97. The second-order valence-electron chi connectivity index (χ2n) is 5.07. The molecule has 6 nitrogen and oxygen atoms in total. The first-order valence-electron chi connectivity index (χ1n) is 7.36. The third kappa shape index (κ3) is 3.57. The van der Waals surface area contributed by atoms with Gasteiger partial charge < -0.3 is 4.42 Å². The molecule has 1 N–H and O–H groups in total. The van der Waals surface area contributed by atoms with Crippen molar-refractivity contribution < 1.29 is 4.42 Å². The molecule has 0 aliphatic carbocycles. The minimum absolute atomic E-state index is 0.237. The topological polar surface area (TPSA) is 98.0 Å². The van der Waals surface area contributed by atoms with E-state index in [-0.39, 0.29) is 5.71 Å². The zero-order valence-corrected chi connectivity index (χ0v) is 12.7. The Hall–Kier alpha value is -3.64. The Morgan fingerprint density at radius 1 is 1.08 bits per heavy atom. The Kier molecular flexibility index (Phi) is 4.50. The van der Waals surface area contributed by atoms with Crippen LogP contribution in [0.5, 0.6) is 0 Å². The number of benzene rings is 2. The van der Waals surface area contributed by atoms with Crippen LogP contribution >= 0.6 is 0 Å². The van der Waals surface area contributed by atoms with Crippen LogP contribution in [0.15, 0.2) is 58.0 Å². The summed E-state index contributed by atoms with van der Waals surface area (Å²) in [6.07, 6.45) is 1.57. The molecule has 0 bridgehead atoms. The van der Waals surface area contributed by atoms with E-state index in [9.17, 15) is 0 Å². The molecule has 0 radical (unpaired) electrons. The van der Waals surface area contributed by atoms with Crippen LogP contribution in [-0.2, 0) is 12.8 Å². The van der Waals surface area contributed by atoms with E-state index in [1.165, 1.54) is 5.56 Å². The fourth-order valence-corrected chi connectivity index (χ4v) is 2.24. The van der Waals surface area contributed by atoms with Gasteiger partial charge in [0.05, 0.1) is 5.69 Å². The smallest absolute Gasteiger partial charge is 0.237 e. The van der Waals surface area contributed by atoms with Crippen LogP contribution in [0.25, 0.3) is 11.1 Å². The van der Waals surface area contributed by atoms with Crippen molar-refractivity contribution in [2.24, 2.45) is 5.10 Å². The summed E-state index contributed by atoms with van der Waals surface area (Å²) in [5.41, 5.74) is 5.69. The van der Waals surface area contributed by atoms with Gasteiger partial charge in [0, 0.05) is 6.42 Å². The number of hydrogen-bond donors (Lipinski definition) is 1. The standard InChI is InChI=1S/C18H13N5O/c19-11-15(12-20)23-22-14-7-8-17-16(10-14)21-18(24-17)9-6-13-4-2-1-3-5-13/h1-5,7-8,10,22H,6,9H2. The first-order valence-corrected chi connectivity index (χ1v) is 7.36. The monoisotopic (exact) mass is 315 g/mol. The lowest BCUT2D eigenvalue weighted by molar-refractivity contribution is 0.528. The quantitative estimate of drug-likeness (QED) is 0.574. The second-order valence-corrected chi connectivity index (χ2v) is 5.07. The molecule has 0 aliphatic heterocycles. The number of nitrogens with zero attached hydrogens (tertiary/aromatic N) is 4. The summed E-state index contributed by atoms with van der Waals surface area (Å²) in [6, 6.07) is 18.8. The second kappa shape index (κ2) is 7.08. The molecule has 0 amide bonds. The SMILES string of the molecule is N#CC(C#N)=NNc1ccc2oc(CCc3ccccc3)nc2c1. The Bertz CT molecular complexity index is 944. The highest BCUT2D eigenvalue weighted by molar-refractivity contribution is 6.10. The van der Waals surface area contributed by atoms with E-state index in [0.29, 0.717) is 29.1 Å². The van der Waals surface area contributed by atoms with Crippen molar-refractivity contribution >= 4 is 22.5 Å². The van der Waals surface area contributed by atoms with Crippen LogP contribution in [0, 0.1) is 22.7 Å². The maximum atomic E-state index is 8.66. The molecule has 0 aliphatic rings. The minimum atomic E-state index is -0.237. The highest BCUT2D eigenvalue weighted by Crippen LogP contribution is 2.21. The molecular weight excluding hydrogens is 302 g/mol. The third-order valence-electron chi connectivity index (χ3n) is 3.41. The number of nitriles is 2. The van der Waals surface area contributed by atoms with E-state index in [0.717, 1.165) is 6.42 Å². The average molecular weight is 315 g/mol. The number of hydrogen-bond acceptors (Lipinski definition) is 6. The molecule has 24 heavy (non-hydrogen) atoms. The third-order valence-corrected chi connectivity index (χ3v) is 3.41. The van der Waals surface area contributed by atoms with Gasteiger partial charge in [-0.1, -0.05) is 30.3 Å². The summed E-state index contributed by atoms with van der Waals surface area (Å²) in [6.45, 7) is 0. The van der Waals surface area contributed by atoms with Crippen molar-refractivity contribution in [1.82, 2.24) is 4.98 Å². The Balaban J connectivity index is 1.73. The van der Waals surface area contributed by atoms with Crippen LogP contribution in [0.3, 0.4) is 0 Å². The molecule has 2 aromatic carbocycles. The van der Waals surface area contributed by atoms with Crippen molar-refractivity contribution in [1.29, 1.82) is 10.5 Å². The highest BCUT2D eigenvalue weighted by Gasteiger charge is 2.07. The number of anilines is 1. The maximum absolute atomic E-state index is 8.66. The molecule has 0 saturated heterocycles. The van der Waals surface area contributed by atoms with E-state index in [1.54, 1.807) is 30.3 Å². The van der Waals surface area contributed by atoms with Gasteiger partial charge in [0.2, 0.25) is 5.71 Å². The summed E-state index contributed by atoms with van der Waals surface area (Å²) >= 11 is 0. The summed E-state index contributed by atoms with van der Waals surface area (Å²) < 4.78 is 5.73. The zero-order chi connectivity index (χ0) is 16.8. The Morgan fingerprint density at radius 3 is 2.62 bits per heavy atom. The molecule has 0 unspecified atom stereocenters. The fraction of sp³-hybridized carbons (Fsp3) is 0.111. The Morgan fingerprint density at radius 2 is 1.88 bits per heavy atom. The number of rotatable bonds is 5. The molecular formula is C18H13N5O. The molecule has 0 spiro atoms. The van der Waals surface area contributed by atoms with E-state index in [2.05, 4.69) is 27.6 Å². The van der Waals surface area contributed by atoms with E-state index < -0.39 is 0 Å². The highest BCUT2D eigenvalue weighted by atomic mass is 16.3. The number of aryl methyl sites for hydroxylation is 2. The van der Waals surface area contributed by atoms with Gasteiger partial charge >= 0.3 is 0 Å². The summed E-state index contributed by atoms with van der Waals surface area (Å²) in [7, 11) is 0. The maximum Gasteiger partial charge on any atom is 0.237 e. The normalized spacial score (nSPS) is 9.92. The van der Waals surface area contributed by atoms with Crippen molar-refractivity contribution in [2.45, 2.75) is 12.8 Å². The first kappa shape index (κ1) is 15.3. The van der Waals surface area contributed by atoms with Gasteiger partial charge in [0.15, 0.2) is 11.5 Å². The van der Waals surface area contributed by atoms with Gasteiger partial charge in [-0.25, -0.2) is 4.98 Å². The Labute approximate surface area is 138 Å². The van der Waals surface area contributed by atoms with Crippen molar-refractivity contribution in [3.63, 3.8) is 0 Å². The summed E-state index contributed by atoms with van der Waals surface area (Å²) in [5, 5.41) is 21.0. The molecule has 6 heteroatoms. The molecule has 1 aromatic heterocycles. The largest absolute Gasteiger partial charge is 0.441 e. The predicted molar refractivity (Wildman–Crippen MR) is 90.1 cm³/mol. The van der Waals surface area contributed by atoms with E-state index in [1.807, 2.05) is 18.2 Å². The van der Waals surface area contributed by atoms with Gasteiger partial charge in [-0.05, 0) is 30.2 Å². The number of aromatic nitrogens is 1. The molecule has 0 saturated carbocycles. The minimum Gasteiger partial charge on any atom is -0.441 e. The van der Waals surface area contributed by atoms with Crippen molar-refractivity contribution in [3.8, 4) is 12.1 Å². The van der Waals surface area contributed by atoms with Crippen molar-refractivity contribution in [3.05, 3.63) is 60.0 Å². The lowest BCUT2D eigenvalue weighted by atomic mass is 10.1. The van der Waals surface area contributed by atoms with Crippen molar-refractivity contribution in [2.75, 3.05) is 5.43 Å². The summed E-state index contributed by atoms with van der Waals surface area (Å²) in [5.74, 6) is 0.671. The van der Waals surface area contributed by atoms with Crippen LogP contribution in [0.4, 0.5) is 5.69 Å². The number of nitrogens with one attached hydrogen (secondary N) is 1. The van der Waals surface area contributed by atoms with Gasteiger partial charge in [-0.2, -0.15) is 15.6 Å². The van der Waals surface area contributed by atoms with Gasteiger partial charge in [-0.15, -0.1) is 0 Å². The molecule has 3 rings (SSSR count). The average Bonchev–Trinajstić information content (AvgIpc) is 3.04. The number of fused-ring (bicyclic) bond motifs is 1. The molecule has 0 atom stereocenters. The molecule has 0 fully saturated rings. The number of oxazole rings is 1. The van der Waals surface area contributed by atoms with Gasteiger partial charge in [0.25, 0.3) is 0 Å². The zero-order valence-electron chi connectivity index (χ0n) is 12.7. The van der Waals surface area contributed by atoms with Gasteiger partial charge in [-0.3, -0.25) is 5.43 Å². The van der Waals surface area contributed by atoms with Crippen LogP contribution in [0.2, 0.25) is 0 Å². The van der Waals surface area contributed by atoms with Crippen LogP contribution in [0.1, 0.15) is 11.5 Å². The predicted octanol–water partition coefficient (Wildman–Crippen LogP) is 3.43. The summed E-state index contributed by atoms with van der Waals surface area (Å²) in [4.78, 5) is 4.47. The molecule has 3 aromatic rings. The fourth-order valence-electron chi connectivity index (χ4n) is 2.24.